The molecule has 1 unspecified atom stereocenters. The van der Waals surface area contributed by atoms with Crippen molar-refractivity contribution in [3.8, 4) is 0 Å². The quantitative estimate of drug-likeness (QED) is 0.888. The van der Waals surface area contributed by atoms with E-state index >= 15 is 0 Å². The lowest BCUT2D eigenvalue weighted by Gasteiger charge is -2.07. The van der Waals surface area contributed by atoms with E-state index in [9.17, 15) is 0 Å². The van der Waals surface area contributed by atoms with E-state index in [0.29, 0.717) is 5.92 Å². The summed E-state index contributed by atoms with van der Waals surface area (Å²) in [5, 5.41) is 3.39. The van der Waals surface area contributed by atoms with E-state index in [1.54, 1.807) is 0 Å². The van der Waals surface area contributed by atoms with Crippen molar-refractivity contribution < 1.29 is 0 Å². The Kier molecular flexibility index (Phi) is 2.80. The van der Waals surface area contributed by atoms with Gasteiger partial charge in [0.05, 0.1) is 5.52 Å². The van der Waals surface area contributed by atoms with Gasteiger partial charge in [-0.1, -0.05) is 0 Å². The minimum absolute atomic E-state index is 0.689. The topological polar surface area (TPSA) is 55.3 Å². The Labute approximate surface area is 108 Å². The van der Waals surface area contributed by atoms with Crippen LogP contribution >= 0.6 is 15.9 Å². The van der Waals surface area contributed by atoms with Crippen LogP contribution in [0.15, 0.2) is 22.9 Å². The zero-order valence-electron chi connectivity index (χ0n) is 9.49. The first kappa shape index (κ1) is 11.0. The zero-order valence-corrected chi connectivity index (χ0v) is 11.1. The average molecular weight is 295 g/mol. The number of nitrogen functional groups attached to an aromatic ring is 1. The van der Waals surface area contributed by atoms with Crippen molar-refractivity contribution in [2.75, 3.05) is 18.8 Å². The first-order valence-electron chi connectivity index (χ1n) is 5.87. The number of imidazole rings is 1. The SMILES string of the molecule is Nc1ccc2c(Br)nc(CC3CCNC3)n2c1. The number of halogens is 1. The van der Waals surface area contributed by atoms with Crippen LogP contribution in [0.1, 0.15) is 12.2 Å². The smallest absolute Gasteiger partial charge is 0.132 e. The Morgan fingerprint density at radius 1 is 1.53 bits per heavy atom. The molecule has 1 aliphatic heterocycles. The molecular formula is C12H15BrN4. The lowest BCUT2D eigenvalue weighted by molar-refractivity contribution is 0.560. The van der Waals surface area contributed by atoms with Crippen LogP contribution in [-0.2, 0) is 6.42 Å². The van der Waals surface area contributed by atoms with Gasteiger partial charge >= 0.3 is 0 Å². The first-order chi connectivity index (χ1) is 8.24. The molecule has 0 bridgehead atoms. The minimum Gasteiger partial charge on any atom is -0.398 e. The molecule has 3 heterocycles. The van der Waals surface area contributed by atoms with Crippen LogP contribution in [0.25, 0.3) is 5.52 Å². The molecule has 5 heteroatoms. The summed E-state index contributed by atoms with van der Waals surface area (Å²) in [4.78, 5) is 4.59. The van der Waals surface area contributed by atoms with Gasteiger partial charge in [-0.05, 0) is 53.5 Å². The van der Waals surface area contributed by atoms with E-state index in [4.69, 9.17) is 5.73 Å². The fourth-order valence-corrected chi connectivity index (χ4v) is 2.94. The van der Waals surface area contributed by atoms with E-state index in [2.05, 4.69) is 30.6 Å². The van der Waals surface area contributed by atoms with Crippen molar-refractivity contribution in [1.82, 2.24) is 14.7 Å². The predicted molar refractivity (Wildman–Crippen MR) is 72.0 cm³/mol. The number of aromatic nitrogens is 2. The van der Waals surface area contributed by atoms with Gasteiger partial charge in [-0.15, -0.1) is 0 Å². The molecule has 0 aromatic carbocycles. The maximum absolute atomic E-state index is 5.83. The number of nitrogens with two attached hydrogens (primary N) is 1. The molecule has 4 nitrogen and oxygen atoms in total. The van der Waals surface area contributed by atoms with Gasteiger partial charge in [0.15, 0.2) is 0 Å². The molecule has 1 saturated heterocycles. The highest BCUT2D eigenvalue weighted by Crippen LogP contribution is 2.23. The Morgan fingerprint density at radius 2 is 2.41 bits per heavy atom. The second-order valence-electron chi connectivity index (χ2n) is 4.60. The molecule has 0 radical (unpaired) electrons. The van der Waals surface area contributed by atoms with Crippen molar-refractivity contribution in [3.63, 3.8) is 0 Å². The van der Waals surface area contributed by atoms with Crippen LogP contribution in [-0.4, -0.2) is 22.5 Å². The summed E-state index contributed by atoms with van der Waals surface area (Å²) in [6, 6.07) is 3.91. The third-order valence-electron chi connectivity index (χ3n) is 3.32. The number of nitrogens with zero attached hydrogens (tertiary/aromatic N) is 2. The summed E-state index contributed by atoms with van der Waals surface area (Å²) in [5.41, 5.74) is 7.69. The van der Waals surface area contributed by atoms with Gasteiger partial charge in [0.2, 0.25) is 0 Å². The summed E-state index contributed by atoms with van der Waals surface area (Å²) >= 11 is 3.50. The Balaban J connectivity index is 2.00. The van der Waals surface area contributed by atoms with E-state index in [1.165, 1.54) is 6.42 Å². The summed E-state index contributed by atoms with van der Waals surface area (Å²) < 4.78 is 3.00. The van der Waals surface area contributed by atoms with Gasteiger partial charge in [0.1, 0.15) is 10.4 Å². The van der Waals surface area contributed by atoms with Gasteiger partial charge < -0.3 is 15.5 Å². The van der Waals surface area contributed by atoms with E-state index < -0.39 is 0 Å². The fourth-order valence-electron chi connectivity index (χ4n) is 2.41. The van der Waals surface area contributed by atoms with Crippen LogP contribution < -0.4 is 11.1 Å². The molecule has 2 aromatic rings. The number of hydrogen-bond donors (Lipinski definition) is 2. The van der Waals surface area contributed by atoms with Crippen molar-refractivity contribution in [2.24, 2.45) is 5.92 Å². The summed E-state index contributed by atoms with van der Waals surface area (Å²) in [7, 11) is 0. The second-order valence-corrected chi connectivity index (χ2v) is 5.35. The van der Waals surface area contributed by atoms with Crippen molar-refractivity contribution >= 4 is 27.1 Å². The zero-order chi connectivity index (χ0) is 11.8. The number of anilines is 1. The number of fused-ring (bicyclic) bond motifs is 1. The highest BCUT2D eigenvalue weighted by Gasteiger charge is 2.18. The Bertz CT molecular complexity index is 543. The molecule has 1 atom stereocenters. The Hall–Kier alpha value is -1.07. The maximum atomic E-state index is 5.83. The van der Waals surface area contributed by atoms with Gasteiger partial charge in [0, 0.05) is 18.3 Å². The molecule has 0 amide bonds. The lowest BCUT2D eigenvalue weighted by atomic mass is 10.0. The molecule has 17 heavy (non-hydrogen) atoms. The molecule has 90 valence electrons. The van der Waals surface area contributed by atoms with Crippen molar-refractivity contribution in [3.05, 3.63) is 28.8 Å². The maximum Gasteiger partial charge on any atom is 0.132 e. The van der Waals surface area contributed by atoms with Gasteiger partial charge in [-0.2, -0.15) is 0 Å². The van der Waals surface area contributed by atoms with Gasteiger partial charge in [-0.3, -0.25) is 0 Å². The second kappa shape index (κ2) is 4.31. The minimum atomic E-state index is 0.689. The van der Waals surface area contributed by atoms with Crippen LogP contribution in [0.2, 0.25) is 0 Å². The van der Waals surface area contributed by atoms with Crippen LogP contribution in [0.4, 0.5) is 5.69 Å². The third kappa shape index (κ3) is 2.05. The molecule has 0 spiro atoms. The number of pyridine rings is 1. The summed E-state index contributed by atoms with van der Waals surface area (Å²) in [6.07, 6.45) is 4.18. The van der Waals surface area contributed by atoms with Crippen LogP contribution in [0.5, 0.6) is 0 Å². The molecule has 0 aliphatic carbocycles. The summed E-state index contributed by atoms with van der Waals surface area (Å²) in [6.45, 7) is 2.21. The number of hydrogen-bond acceptors (Lipinski definition) is 3. The Morgan fingerprint density at radius 3 is 3.18 bits per heavy atom. The highest BCUT2D eigenvalue weighted by atomic mass is 79.9. The molecule has 1 fully saturated rings. The molecule has 3 N–H and O–H groups in total. The third-order valence-corrected chi connectivity index (χ3v) is 3.91. The summed E-state index contributed by atoms with van der Waals surface area (Å²) in [5.74, 6) is 1.78. The van der Waals surface area contributed by atoms with Gasteiger partial charge in [-0.25, -0.2) is 4.98 Å². The molecule has 0 saturated carbocycles. The van der Waals surface area contributed by atoms with Crippen LogP contribution in [0, 0.1) is 5.92 Å². The highest BCUT2D eigenvalue weighted by molar-refractivity contribution is 9.10. The molecule has 1 aliphatic rings. The van der Waals surface area contributed by atoms with Gasteiger partial charge in [0.25, 0.3) is 0 Å². The average Bonchev–Trinajstić information content (AvgIpc) is 2.89. The molecule has 3 rings (SSSR count). The monoisotopic (exact) mass is 294 g/mol. The lowest BCUT2D eigenvalue weighted by Crippen LogP contribution is -2.12. The molecular weight excluding hydrogens is 280 g/mol. The standard InChI is InChI=1S/C12H15BrN4/c13-12-10-2-1-9(14)7-17(10)11(16-12)5-8-3-4-15-6-8/h1-2,7-8,15H,3-6,14H2. The fraction of sp³-hybridized carbons (Fsp3) is 0.417. The largest absolute Gasteiger partial charge is 0.398 e. The molecule has 2 aromatic heterocycles. The van der Waals surface area contributed by atoms with E-state index in [0.717, 1.165) is 41.1 Å². The normalized spacial score (nSPS) is 20.2. The van der Waals surface area contributed by atoms with Crippen LogP contribution in [0.3, 0.4) is 0 Å². The van der Waals surface area contributed by atoms with E-state index in [1.807, 2.05) is 18.3 Å². The number of nitrogens with one attached hydrogen (secondary N) is 1. The number of rotatable bonds is 2. The van der Waals surface area contributed by atoms with Crippen molar-refractivity contribution in [1.29, 1.82) is 0 Å². The predicted octanol–water partition coefficient (Wildman–Crippen LogP) is 1.83. The van der Waals surface area contributed by atoms with E-state index in [-0.39, 0.29) is 0 Å². The first-order valence-corrected chi connectivity index (χ1v) is 6.66. The van der Waals surface area contributed by atoms with Crippen molar-refractivity contribution in [2.45, 2.75) is 12.8 Å².